The van der Waals surface area contributed by atoms with Gasteiger partial charge in [0.2, 0.25) is 0 Å². The average Bonchev–Trinajstić information content (AvgIpc) is 2.26. The van der Waals surface area contributed by atoms with Crippen LogP contribution in [-0.4, -0.2) is 18.6 Å². The van der Waals surface area contributed by atoms with E-state index in [4.69, 9.17) is 0 Å². The molecule has 0 radical (unpaired) electrons. The van der Waals surface area contributed by atoms with E-state index in [1.165, 1.54) is 35.3 Å². The summed E-state index contributed by atoms with van der Waals surface area (Å²) >= 11 is 1.93. The minimum Gasteiger partial charge on any atom is -0.313 e. The van der Waals surface area contributed by atoms with Crippen LogP contribution in [-0.2, 0) is 6.54 Å². The zero-order valence-corrected chi connectivity index (χ0v) is 11.5. The van der Waals surface area contributed by atoms with Gasteiger partial charge < -0.3 is 5.32 Å². The van der Waals surface area contributed by atoms with E-state index in [1.54, 1.807) is 0 Å². The average molecular weight is 237 g/mol. The van der Waals surface area contributed by atoms with Crippen LogP contribution in [0, 0.1) is 13.8 Å². The molecule has 0 amide bonds. The molecule has 0 saturated carbocycles. The molecule has 0 fully saturated rings. The number of thioether (sulfide) groups is 1. The molecule has 1 aromatic carbocycles. The Morgan fingerprint density at radius 3 is 2.69 bits per heavy atom. The van der Waals surface area contributed by atoms with E-state index in [9.17, 15) is 0 Å². The summed E-state index contributed by atoms with van der Waals surface area (Å²) in [6, 6.07) is 6.68. The van der Waals surface area contributed by atoms with Gasteiger partial charge in [0.1, 0.15) is 0 Å². The van der Waals surface area contributed by atoms with E-state index < -0.39 is 0 Å². The standard InChI is InChI=1S/C14H23NS/c1-12-6-7-14(13(2)10-12)11-15-8-4-5-9-16-3/h6-7,10,15H,4-5,8-9,11H2,1-3H3. The van der Waals surface area contributed by atoms with E-state index >= 15 is 0 Å². The second kappa shape index (κ2) is 7.75. The fraction of sp³-hybridized carbons (Fsp3) is 0.571. The van der Waals surface area contributed by atoms with E-state index in [-0.39, 0.29) is 0 Å². The van der Waals surface area contributed by atoms with Crippen LogP contribution in [0.25, 0.3) is 0 Å². The molecule has 16 heavy (non-hydrogen) atoms. The quantitative estimate of drug-likeness (QED) is 0.728. The molecule has 1 nitrogen and oxygen atoms in total. The highest BCUT2D eigenvalue weighted by atomic mass is 32.2. The van der Waals surface area contributed by atoms with Gasteiger partial charge in [-0.15, -0.1) is 0 Å². The molecule has 0 aliphatic carbocycles. The summed E-state index contributed by atoms with van der Waals surface area (Å²) in [5, 5.41) is 3.51. The second-order valence-electron chi connectivity index (χ2n) is 4.31. The zero-order chi connectivity index (χ0) is 11.8. The van der Waals surface area contributed by atoms with Crippen LogP contribution in [0.1, 0.15) is 29.5 Å². The van der Waals surface area contributed by atoms with Crippen LogP contribution in [0.2, 0.25) is 0 Å². The molecule has 90 valence electrons. The molecule has 0 saturated heterocycles. The van der Waals surface area contributed by atoms with Crippen molar-refractivity contribution in [3.8, 4) is 0 Å². The van der Waals surface area contributed by atoms with Gasteiger partial charge in [0, 0.05) is 6.54 Å². The van der Waals surface area contributed by atoms with Crippen LogP contribution in [0.3, 0.4) is 0 Å². The third-order valence-electron chi connectivity index (χ3n) is 2.77. The number of nitrogens with one attached hydrogen (secondary N) is 1. The predicted molar refractivity (Wildman–Crippen MR) is 75.2 cm³/mol. The molecule has 1 rings (SSSR count). The minimum atomic E-state index is 1.01. The Morgan fingerprint density at radius 2 is 2.00 bits per heavy atom. The first-order valence-corrected chi connectivity index (χ1v) is 7.39. The smallest absolute Gasteiger partial charge is 0.0208 e. The maximum atomic E-state index is 3.51. The Balaban J connectivity index is 2.21. The van der Waals surface area contributed by atoms with Crippen molar-refractivity contribution < 1.29 is 0 Å². The predicted octanol–water partition coefficient (Wildman–Crippen LogP) is 3.54. The summed E-state index contributed by atoms with van der Waals surface area (Å²) in [5.74, 6) is 1.28. The third kappa shape index (κ3) is 5.04. The molecule has 0 aromatic heterocycles. The summed E-state index contributed by atoms with van der Waals surface area (Å²) in [6.07, 6.45) is 4.77. The Hall–Kier alpha value is -0.470. The van der Waals surface area contributed by atoms with E-state index in [0.717, 1.165) is 13.1 Å². The van der Waals surface area contributed by atoms with Crippen LogP contribution in [0.5, 0.6) is 0 Å². The lowest BCUT2D eigenvalue weighted by atomic mass is 10.1. The Kier molecular flexibility index (Phi) is 6.58. The summed E-state index contributed by atoms with van der Waals surface area (Å²) in [6.45, 7) is 6.48. The van der Waals surface area contributed by atoms with Crippen molar-refractivity contribution in [1.82, 2.24) is 5.32 Å². The number of hydrogen-bond donors (Lipinski definition) is 1. The first-order chi connectivity index (χ1) is 7.74. The molecule has 0 spiro atoms. The SMILES string of the molecule is CSCCCCNCc1ccc(C)cc1C. The number of unbranched alkanes of at least 4 members (excludes halogenated alkanes) is 1. The highest BCUT2D eigenvalue weighted by Crippen LogP contribution is 2.10. The number of hydrogen-bond acceptors (Lipinski definition) is 2. The van der Waals surface area contributed by atoms with Gasteiger partial charge in [0.15, 0.2) is 0 Å². The molecule has 0 heterocycles. The Bertz CT molecular complexity index is 310. The van der Waals surface area contributed by atoms with Gasteiger partial charge in [-0.3, -0.25) is 0 Å². The summed E-state index contributed by atoms with van der Waals surface area (Å²) in [7, 11) is 0. The lowest BCUT2D eigenvalue weighted by Crippen LogP contribution is -2.15. The molecule has 0 aliphatic rings. The van der Waals surface area contributed by atoms with Crippen molar-refractivity contribution in [2.24, 2.45) is 0 Å². The monoisotopic (exact) mass is 237 g/mol. The highest BCUT2D eigenvalue weighted by molar-refractivity contribution is 7.98. The Labute approximate surface area is 104 Å². The van der Waals surface area contributed by atoms with Crippen molar-refractivity contribution >= 4 is 11.8 Å². The van der Waals surface area contributed by atoms with Crippen molar-refractivity contribution in [1.29, 1.82) is 0 Å². The van der Waals surface area contributed by atoms with E-state index in [2.05, 4.69) is 43.6 Å². The van der Waals surface area contributed by atoms with Crippen LogP contribution in [0.4, 0.5) is 0 Å². The van der Waals surface area contributed by atoms with Gasteiger partial charge in [0.05, 0.1) is 0 Å². The zero-order valence-electron chi connectivity index (χ0n) is 10.7. The lowest BCUT2D eigenvalue weighted by Gasteiger charge is -2.08. The van der Waals surface area contributed by atoms with Gasteiger partial charge in [-0.25, -0.2) is 0 Å². The third-order valence-corrected chi connectivity index (χ3v) is 3.46. The number of benzene rings is 1. The summed E-state index contributed by atoms with van der Waals surface area (Å²) in [4.78, 5) is 0. The molecule has 0 bridgehead atoms. The molecule has 1 N–H and O–H groups in total. The van der Waals surface area contributed by atoms with Crippen molar-refractivity contribution in [3.63, 3.8) is 0 Å². The lowest BCUT2D eigenvalue weighted by molar-refractivity contribution is 0.642. The molecule has 0 atom stereocenters. The Morgan fingerprint density at radius 1 is 1.19 bits per heavy atom. The van der Waals surface area contributed by atoms with Gasteiger partial charge in [0.25, 0.3) is 0 Å². The second-order valence-corrected chi connectivity index (χ2v) is 5.29. The molecule has 1 aromatic rings. The molecule has 0 aliphatic heterocycles. The fourth-order valence-electron chi connectivity index (χ4n) is 1.76. The van der Waals surface area contributed by atoms with E-state index in [1.807, 2.05) is 11.8 Å². The maximum absolute atomic E-state index is 3.51. The van der Waals surface area contributed by atoms with Crippen molar-refractivity contribution in [2.75, 3.05) is 18.6 Å². The molecule has 0 unspecified atom stereocenters. The molecular formula is C14H23NS. The summed E-state index contributed by atoms with van der Waals surface area (Å²) < 4.78 is 0. The normalized spacial score (nSPS) is 10.7. The molecule has 2 heteroatoms. The van der Waals surface area contributed by atoms with Crippen molar-refractivity contribution in [2.45, 2.75) is 33.2 Å². The largest absolute Gasteiger partial charge is 0.313 e. The van der Waals surface area contributed by atoms with Gasteiger partial charge >= 0.3 is 0 Å². The van der Waals surface area contributed by atoms with Gasteiger partial charge in [-0.1, -0.05) is 23.8 Å². The first-order valence-electron chi connectivity index (χ1n) is 6.00. The summed E-state index contributed by atoms with van der Waals surface area (Å²) in [5.41, 5.74) is 4.17. The maximum Gasteiger partial charge on any atom is 0.0208 e. The minimum absolute atomic E-state index is 1.01. The first kappa shape index (κ1) is 13.6. The van der Waals surface area contributed by atoms with E-state index in [0.29, 0.717) is 0 Å². The number of aryl methyl sites for hydroxylation is 2. The van der Waals surface area contributed by atoms with Gasteiger partial charge in [-0.05, 0) is 56.4 Å². The topological polar surface area (TPSA) is 12.0 Å². The molecular weight excluding hydrogens is 214 g/mol. The van der Waals surface area contributed by atoms with Crippen LogP contribution >= 0.6 is 11.8 Å². The van der Waals surface area contributed by atoms with Gasteiger partial charge in [-0.2, -0.15) is 11.8 Å². The fourth-order valence-corrected chi connectivity index (χ4v) is 2.26. The van der Waals surface area contributed by atoms with Crippen LogP contribution < -0.4 is 5.32 Å². The highest BCUT2D eigenvalue weighted by Gasteiger charge is 1.97. The van der Waals surface area contributed by atoms with Crippen molar-refractivity contribution in [3.05, 3.63) is 34.9 Å². The number of rotatable bonds is 7. The van der Waals surface area contributed by atoms with Crippen LogP contribution in [0.15, 0.2) is 18.2 Å².